The van der Waals surface area contributed by atoms with Gasteiger partial charge >= 0.3 is 0 Å². The van der Waals surface area contributed by atoms with Gasteiger partial charge in [0.15, 0.2) is 0 Å². The van der Waals surface area contributed by atoms with Gasteiger partial charge < -0.3 is 4.90 Å². The monoisotopic (exact) mass is 545 g/mol. The summed E-state index contributed by atoms with van der Waals surface area (Å²) in [5, 5.41) is 6.93. The van der Waals surface area contributed by atoms with Crippen LogP contribution in [-0.2, 0) is 0 Å². The van der Waals surface area contributed by atoms with Crippen molar-refractivity contribution >= 4 is 56.8 Å². The third-order valence-corrected chi connectivity index (χ3v) is 23.1. The molecule has 0 aliphatic heterocycles. The summed E-state index contributed by atoms with van der Waals surface area (Å²) in [7, 11) is -1.12. The zero-order valence-electron chi connectivity index (χ0n) is 24.7. The smallest absolute Gasteiger partial charge is 0.0859 e. The van der Waals surface area contributed by atoms with Crippen molar-refractivity contribution in [1.29, 1.82) is 0 Å². The van der Waals surface area contributed by atoms with Crippen molar-refractivity contribution in [3.8, 4) is 0 Å². The molecule has 0 aromatic heterocycles. The molecule has 5 heteroatoms. The first kappa shape index (κ1) is 30.8. The van der Waals surface area contributed by atoms with E-state index in [2.05, 4.69) is 134 Å². The second-order valence-electron chi connectivity index (χ2n) is 13.3. The third kappa shape index (κ3) is 7.57. The lowest BCUT2D eigenvalue weighted by molar-refractivity contribution is 0.379. The Kier molecular flexibility index (Phi) is 10.6. The summed E-state index contributed by atoms with van der Waals surface area (Å²) in [6.45, 7) is 26.9. The van der Waals surface area contributed by atoms with Gasteiger partial charge in [-0.25, -0.2) is 0 Å². The van der Waals surface area contributed by atoms with Crippen LogP contribution in [0.3, 0.4) is 0 Å². The van der Waals surface area contributed by atoms with Crippen LogP contribution >= 0.6 is 19.7 Å². The fourth-order valence-corrected chi connectivity index (χ4v) is 10.6. The van der Waals surface area contributed by atoms with Crippen molar-refractivity contribution in [1.82, 2.24) is 4.90 Å². The van der Waals surface area contributed by atoms with Gasteiger partial charge in [0, 0.05) is 18.8 Å². The lowest BCUT2D eigenvalue weighted by atomic mass is 10.2. The predicted octanol–water partition coefficient (Wildman–Crippen LogP) is 6.85. The van der Waals surface area contributed by atoms with Crippen LogP contribution in [0.5, 0.6) is 0 Å². The molecule has 0 N–H and O–H groups in total. The van der Waals surface area contributed by atoms with Gasteiger partial charge in [-0.3, -0.25) is 0 Å². The molecule has 0 bridgehead atoms. The number of thioether (sulfide) groups is 1. The Bertz CT molecular complexity index is 855. The number of hydrogen-bond acceptors (Lipinski definition) is 2. The summed E-state index contributed by atoms with van der Waals surface area (Å²) in [4.78, 5) is 2.51. The van der Waals surface area contributed by atoms with Gasteiger partial charge in [-0.1, -0.05) is 127 Å². The Hall–Kier alpha value is -0.386. The van der Waals surface area contributed by atoms with Crippen molar-refractivity contribution in [2.75, 3.05) is 38.3 Å². The third-order valence-electron chi connectivity index (χ3n) is 8.93. The molecule has 2 aromatic carbocycles. The van der Waals surface area contributed by atoms with Crippen LogP contribution in [-0.4, -0.2) is 59.4 Å². The Balaban J connectivity index is 2.39. The van der Waals surface area contributed by atoms with Crippen LogP contribution in [0.15, 0.2) is 48.5 Å². The molecule has 35 heavy (non-hydrogen) atoms. The molecule has 0 atom stereocenters. The van der Waals surface area contributed by atoms with E-state index >= 15 is 0 Å². The summed E-state index contributed by atoms with van der Waals surface area (Å²) < 4.78 is 0. The van der Waals surface area contributed by atoms with Crippen LogP contribution < -0.4 is 21.0 Å². The maximum absolute atomic E-state index is 2.52. The van der Waals surface area contributed by atoms with Crippen molar-refractivity contribution in [2.45, 2.75) is 77.8 Å². The molecule has 1 nitrogen and oxygen atoms in total. The van der Waals surface area contributed by atoms with E-state index in [1.165, 1.54) is 29.1 Å². The normalized spacial score (nSPS) is 13.7. The minimum atomic E-state index is -1.51. The van der Waals surface area contributed by atoms with E-state index in [1.807, 2.05) is 11.8 Å². The Morgan fingerprint density at radius 1 is 0.686 bits per heavy atom. The molecule has 0 fully saturated rings. The highest BCUT2D eigenvalue weighted by atomic mass is 32.2. The molecule has 0 aliphatic rings. The van der Waals surface area contributed by atoms with Crippen molar-refractivity contribution in [3.05, 3.63) is 48.5 Å². The van der Waals surface area contributed by atoms with E-state index in [0.717, 1.165) is 6.54 Å². The second kappa shape index (κ2) is 12.0. The number of rotatable bonds is 10. The van der Waals surface area contributed by atoms with Crippen molar-refractivity contribution in [2.24, 2.45) is 0 Å². The molecule has 0 amide bonds. The van der Waals surface area contributed by atoms with E-state index in [9.17, 15) is 0 Å². The zero-order valence-corrected chi connectivity index (χ0v) is 28.5. The summed E-state index contributed by atoms with van der Waals surface area (Å²) in [5.74, 6) is 1.21. The SMILES string of the molecule is CSCCN(C)CCP(c1ccc([Si](C)(C)C(C)(C)C)cc1)c1ccc([Si](C)(C)C(C)(C)C)cc1. The van der Waals surface area contributed by atoms with Crippen LogP contribution in [0.4, 0.5) is 0 Å². The standard InChI is InChI=1S/C30H52NPSSi2/c1-29(2,3)34(9,10)27-17-13-25(14-18-27)32(23-21-31(7)22-24-33-8)26-15-19-28(20-16-26)35(11,12)30(4,5)6/h13-20H,21-24H2,1-12H3. The lowest BCUT2D eigenvalue weighted by Gasteiger charge is -2.38. The van der Waals surface area contributed by atoms with E-state index in [0.29, 0.717) is 10.1 Å². The topological polar surface area (TPSA) is 3.24 Å². The van der Waals surface area contributed by atoms with Crippen LogP contribution in [0.25, 0.3) is 0 Å². The van der Waals surface area contributed by atoms with Gasteiger partial charge in [0.1, 0.15) is 0 Å². The van der Waals surface area contributed by atoms with Crippen LogP contribution in [0, 0.1) is 0 Å². The van der Waals surface area contributed by atoms with Crippen LogP contribution in [0.2, 0.25) is 36.3 Å². The number of hydrogen-bond donors (Lipinski definition) is 0. The van der Waals surface area contributed by atoms with Crippen molar-refractivity contribution in [3.63, 3.8) is 0 Å². The molecule has 0 saturated heterocycles. The molecule has 0 unspecified atom stereocenters. The van der Waals surface area contributed by atoms with Gasteiger partial charge in [-0.2, -0.15) is 11.8 Å². The highest BCUT2D eigenvalue weighted by Crippen LogP contribution is 2.38. The molecule has 0 radical (unpaired) electrons. The average molecular weight is 546 g/mol. The number of nitrogens with zero attached hydrogens (tertiary/aromatic N) is 1. The molecule has 0 spiro atoms. The molecule has 196 valence electrons. The van der Waals surface area contributed by atoms with Gasteiger partial charge in [0.05, 0.1) is 16.1 Å². The molecular formula is C30H52NPSSi2. The van der Waals surface area contributed by atoms with Gasteiger partial charge in [-0.05, 0) is 48.1 Å². The minimum absolute atomic E-state index is 0.360. The second-order valence-corrected chi connectivity index (χ2v) is 27.3. The van der Waals surface area contributed by atoms with E-state index in [4.69, 9.17) is 0 Å². The molecular weight excluding hydrogens is 494 g/mol. The maximum atomic E-state index is 2.52. The van der Waals surface area contributed by atoms with Gasteiger partial charge in [-0.15, -0.1) is 0 Å². The quantitative estimate of drug-likeness (QED) is 0.237. The fourth-order valence-electron chi connectivity index (χ4n) is 4.02. The van der Waals surface area contributed by atoms with E-state index in [-0.39, 0.29) is 7.92 Å². The molecule has 0 heterocycles. The maximum Gasteiger partial charge on any atom is 0.0859 e. The first-order valence-electron chi connectivity index (χ1n) is 13.2. The Labute approximate surface area is 225 Å². The average Bonchev–Trinajstić information content (AvgIpc) is 2.77. The molecule has 2 rings (SSSR count). The molecule has 0 saturated carbocycles. The van der Waals surface area contributed by atoms with E-state index in [1.54, 1.807) is 10.4 Å². The molecule has 0 aliphatic carbocycles. The highest BCUT2D eigenvalue weighted by Gasteiger charge is 2.37. The summed E-state index contributed by atoms with van der Waals surface area (Å²) in [5.41, 5.74) is 0. The predicted molar refractivity (Wildman–Crippen MR) is 173 cm³/mol. The fraction of sp³-hybridized carbons (Fsp3) is 0.600. The molecule has 2 aromatic rings. The summed E-state index contributed by atoms with van der Waals surface area (Å²) in [6, 6.07) is 19.7. The summed E-state index contributed by atoms with van der Waals surface area (Å²) in [6.07, 6.45) is 3.42. The van der Waals surface area contributed by atoms with Gasteiger partial charge in [0.2, 0.25) is 0 Å². The van der Waals surface area contributed by atoms with E-state index < -0.39 is 16.1 Å². The summed E-state index contributed by atoms with van der Waals surface area (Å²) >= 11 is 1.94. The largest absolute Gasteiger partial charge is 0.305 e. The lowest BCUT2D eigenvalue weighted by Crippen LogP contribution is -2.49. The zero-order chi connectivity index (χ0) is 26.7. The number of benzene rings is 2. The van der Waals surface area contributed by atoms with Crippen LogP contribution in [0.1, 0.15) is 41.5 Å². The Morgan fingerprint density at radius 3 is 1.37 bits per heavy atom. The first-order valence-corrected chi connectivity index (χ1v) is 22.1. The first-order chi connectivity index (χ1) is 16.0. The van der Waals surface area contributed by atoms with Crippen molar-refractivity contribution < 1.29 is 0 Å². The van der Waals surface area contributed by atoms with Gasteiger partial charge in [0.25, 0.3) is 0 Å². The minimum Gasteiger partial charge on any atom is -0.305 e. The highest BCUT2D eigenvalue weighted by molar-refractivity contribution is 7.98. The Morgan fingerprint density at radius 2 is 1.06 bits per heavy atom.